The van der Waals surface area contributed by atoms with E-state index in [-0.39, 0.29) is 11.9 Å². The van der Waals surface area contributed by atoms with Gasteiger partial charge in [0.2, 0.25) is 0 Å². The minimum atomic E-state index is -0.130. The van der Waals surface area contributed by atoms with Crippen molar-refractivity contribution in [3.63, 3.8) is 0 Å². The van der Waals surface area contributed by atoms with Crippen LogP contribution < -0.4 is 11.1 Å². The molecule has 3 N–H and O–H groups in total. The molecule has 6 heteroatoms. The zero-order valence-electron chi connectivity index (χ0n) is 12.2. The fourth-order valence-corrected chi connectivity index (χ4v) is 2.11. The molecule has 108 valence electrons. The van der Waals surface area contributed by atoms with Gasteiger partial charge in [-0.3, -0.25) is 4.79 Å². The predicted octanol–water partition coefficient (Wildman–Crippen LogP) is 1.40. The Kier molecular flexibility index (Phi) is 4.34. The first-order valence-corrected chi connectivity index (χ1v) is 6.91. The second-order valence-electron chi connectivity index (χ2n) is 4.94. The molecule has 1 atom stereocenters. The number of nitrogens with zero attached hydrogens (tertiary/aromatic N) is 3. The van der Waals surface area contributed by atoms with Gasteiger partial charge in [0.25, 0.3) is 5.91 Å². The van der Waals surface area contributed by atoms with Gasteiger partial charge in [-0.15, -0.1) is 0 Å². The van der Waals surface area contributed by atoms with E-state index in [1.54, 1.807) is 12.3 Å². The van der Waals surface area contributed by atoms with Crippen LogP contribution in [0.2, 0.25) is 0 Å². The van der Waals surface area contributed by atoms with Crippen molar-refractivity contribution < 1.29 is 4.79 Å². The van der Waals surface area contributed by atoms with Gasteiger partial charge in [-0.05, 0) is 26.3 Å². The Hall–Kier alpha value is -1.95. The van der Waals surface area contributed by atoms with E-state index in [1.807, 2.05) is 11.6 Å². The summed E-state index contributed by atoms with van der Waals surface area (Å²) in [7, 11) is 0. The predicted molar refractivity (Wildman–Crippen MR) is 78.7 cm³/mol. The molecule has 0 saturated carbocycles. The van der Waals surface area contributed by atoms with Gasteiger partial charge in [-0.2, -0.15) is 5.10 Å². The molecular weight excluding hydrogens is 254 g/mol. The van der Waals surface area contributed by atoms with Gasteiger partial charge in [-0.1, -0.05) is 6.92 Å². The number of nitrogens with one attached hydrogen (secondary N) is 1. The van der Waals surface area contributed by atoms with E-state index in [1.165, 1.54) is 0 Å². The molecule has 2 aromatic heterocycles. The van der Waals surface area contributed by atoms with Gasteiger partial charge in [0, 0.05) is 18.8 Å². The molecule has 0 bridgehead atoms. The van der Waals surface area contributed by atoms with E-state index in [0.717, 1.165) is 23.1 Å². The molecule has 0 aromatic carbocycles. The van der Waals surface area contributed by atoms with Crippen LogP contribution in [-0.4, -0.2) is 33.8 Å². The highest BCUT2D eigenvalue weighted by atomic mass is 16.1. The van der Waals surface area contributed by atoms with Crippen molar-refractivity contribution in [2.24, 2.45) is 5.73 Å². The fourth-order valence-electron chi connectivity index (χ4n) is 2.11. The molecule has 1 amide bonds. The summed E-state index contributed by atoms with van der Waals surface area (Å²) in [6, 6.07) is 2.04. The molecule has 2 rings (SSSR count). The molecule has 0 radical (unpaired) electrons. The SMILES string of the molecule is CCC(C)n1ncc2c(C(=O)NCCN)cc(C)nc21. The number of carbonyl (C=O) groups is 1. The summed E-state index contributed by atoms with van der Waals surface area (Å²) in [5.74, 6) is -0.130. The highest BCUT2D eigenvalue weighted by Crippen LogP contribution is 2.22. The van der Waals surface area contributed by atoms with Gasteiger partial charge in [0.1, 0.15) is 0 Å². The van der Waals surface area contributed by atoms with E-state index in [4.69, 9.17) is 5.73 Å². The normalized spacial score (nSPS) is 12.6. The summed E-state index contributed by atoms with van der Waals surface area (Å²) < 4.78 is 1.88. The average Bonchev–Trinajstić information content (AvgIpc) is 2.86. The first-order chi connectivity index (χ1) is 9.58. The molecule has 0 spiro atoms. The van der Waals surface area contributed by atoms with E-state index in [0.29, 0.717) is 18.7 Å². The van der Waals surface area contributed by atoms with E-state index in [2.05, 4.69) is 29.2 Å². The van der Waals surface area contributed by atoms with Gasteiger partial charge >= 0.3 is 0 Å². The van der Waals surface area contributed by atoms with Crippen LogP contribution in [0, 0.1) is 6.92 Å². The lowest BCUT2D eigenvalue weighted by Gasteiger charge is -2.11. The van der Waals surface area contributed by atoms with Crippen molar-refractivity contribution in [1.29, 1.82) is 0 Å². The third-order valence-electron chi connectivity index (χ3n) is 3.38. The van der Waals surface area contributed by atoms with Gasteiger partial charge in [0.05, 0.1) is 23.2 Å². The van der Waals surface area contributed by atoms with Crippen LogP contribution in [0.3, 0.4) is 0 Å². The number of aromatic nitrogens is 3. The van der Waals surface area contributed by atoms with E-state index in [9.17, 15) is 4.79 Å². The number of carbonyl (C=O) groups excluding carboxylic acids is 1. The second kappa shape index (κ2) is 6.00. The zero-order chi connectivity index (χ0) is 14.7. The van der Waals surface area contributed by atoms with Crippen molar-refractivity contribution in [1.82, 2.24) is 20.1 Å². The highest BCUT2D eigenvalue weighted by molar-refractivity contribution is 6.05. The summed E-state index contributed by atoms with van der Waals surface area (Å²) in [6.07, 6.45) is 2.67. The Balaban J connectivity index is 2.51. The number of pyridine rings is 1. The Morgan fingerprint density at radius 3 is 2.95 bits per heavy atom. The Bertz CT molecular complexity index is 619. The summed E-state index contributed by atoms with van der Waals surface area (Å²) in [5.41, 5.74) is 7.59. The first-order valence-electron chi connectivity index (χ1n) is 6.91. The second-order valence-corrected chi connectivity index (χ2v) is 4.94. The molecular formula is C14H21N5O. The number of amides is 1. The molecule has 20 heavy (non-hydrogen) atoms. The van der Waals surface area contributed by atoms with Crippen molar-refractivity contribution in [2.45, 2.75) is 33.2 Å². The first kappa shape index (κ1) is 14.5. The van der Waals surface area contributed by atoms with Crippen LogP contribution in [0.5, 0.6) is 0 Å². The maximum atomic E-state index is 12.2. The lowest BCUT2D eigenvalue weighted by Crippen LogP contribution is -2.29. The van der Waals surface area contributed by atoms with Crippen molar-refractivity contribution in [3.05, 3.63) is 23.5 Å². The monoisotopic (exact) mass is 275 g/mol. The smallest absolute Gasteiger partial charge is 0.252 e. The third kappa shape index (κ3) is 2.65. The average molecular weight is 275 g/mol. The molecule has 2 aromatic rings. The Morgan fingerprint density at radius 2 is 2.30 bits per heavy atom. The van der Waals surface area contributed by atoms with Crippen molar-refractivity contribution >= 4 is 16.9 Å². The number of aryl methyl sites for hydroxylation is 1. The van der Waals surface area contributed by atoms with Crippen LogP contribution in [0.1, 0.15) is 42.4 Å². The highest BCUT2D eigenvalue weighted by Gasteiger charge is 2.17. The number of rotatable bonds is 5. The minimum absolute atomic E-state index is 0.130. The lowest BCUT2D eigenvalue weighted by molar-refractivity contribution is 0.0956. The Labute approximate surface area is 118 Å². The standard InChI is InChI=1S/C14H21N5O/c1-4-10(3)19-13-12(8-17-19)11(7-9(2)18-13)14(20)16-6-5-15/h7-8,10H,4-6,15H2,1-3H3,(H,16,20). The van der Waals surface area contributed by atoms with Crippen LogP contribution >= 0.6 is 0 Å². The van der Waals surface area contributed by atoms with Crippen LogP contribution in [0.25, 0.3) is 11.0 Å². The van der Waals surface area contributed by atoms with Crippen LogP contribution in [0.4, 0.5) is 0 Å². The molecule has 0 aliphatic carbocycles. The number of nitrogens with two attached hydrogens (primary N) is 1. The summed E-state index contributed by atoms with van der Waals surface area (Å²) in [4.78, 5) is 16.7. The van der Waals surface area contributed by atoms with Crippen LogP contribution in [-0.2, 0) is 0 Å². The number of hydrogen-bond donors (Lipinski definition) is 2. The maximum absolute atomic E-state index is 12.2. The van der Waals surface area contributed by atoms with Gasteiger partial charge in [-0.25, -0.2) is 9.67 Å². The number of hydrogen-bond acceptors (Lipinski definition) is 4. The molecule has 2 heterocycles. The molecule has 1 unspecified atom stereocenters. The summed E-state index contributed by atoms with van der Waals surface area (Å²) >= 11 is 0. The van der Waals surface area contributed by atoms with E-state index >= 15 is 0 Å². The fraction of sp³-hybridized carbons (Fsp3) is 0.500. The minimum Gasteiger partial charge on any atom is -0.351 e. The van der Waals surface area contributed by atoms with Crippen molar-refractivity contribution in [3.8, 4) is 0 Å². The molecule has 0 aliphatic rings. The van der Waals surface area contributed by atoms with E-state index < -0.39 is 0 Å². The summed E-state index contributed by atoms with van der Waals surface area (Å²) in [5, 5.41) is 7.95. The quantitative estimate of drug-likeness (QED) is 0.863. The topological polar surface area (TPSA) is 85.8 Å². The molecule has 0 saturated heterocycles. The summed E-state index contributed by atoms with van der Waals surface area (Å²) in [6.45, 7) is 6.95. The third-order valence-corrected chi connectivity index (χ3v) is 3.38. The molecule has 0 fully saturated rings. The zero-order valence-corrected chi connectivity index (χ0v) is 12.2. The molecule has 6 nitrogen and oxygen atoms in total. The maximum Gasteiger partial charge on any atom is 0.252 e. The van der Waals surface area contributed by atoms with Crippen LogP contribution in [0.15, 0.2) is 12.3 Å². The lowest BCUT2D eigenvalue weighted by atomic mass is 10.1. The molecule has 0 aliphatic heterocycles. The van der Waals surface area contributed by atoms with Gasteiger partial charge in [0.15, 0.2) is 5.65 Å². The van der Waals surface area contributed by atoms with Gasteiger partial charge < -0.3 is 11.1 Å². The largest absolute Gasteiger partial charge is 0.351 e. The van der Waals surface area contributed by atoms with Crippen molar-refractivity contribution in [2.75, 3.05) is 13.1 Å². The Morgan fingerprint density at radius 1 is 1.55 bits per heavy atom. The number of fused-ring (bicyclic) bond motifs is 1.